The van der Waals surface area contributed by atoms with Gasteiger partial charge >= 0.3 is 5.97 Å². The topological polar surface area (TPSA) is 123 Å². The van der Waals surface area contributed by atoms with Gasteiger partial charge in [0.15, 0.2) is 0 Å². The van der Waals surface area contributed by atoms with Crippen LogP contribution in [0.5, 0.6) is 0 Å². The number of aliphatic carboxylic acids is 1. The van der Waals surface area contributed by atoms with Crippen molar-refractivity contribution in [3.05, 3.63) is 42.5 Å². The van der Waals surface area contributed by atoms with Crippen molar-refractivity contribution < 1.29 is 14.7 Å². The lowest BCUT2D eigenvalue weighted by Crippen LogP contribution is -2.10. The van der Waals surface area contributed by atoms with Crippen molar-refractivity contribution in [1.82, 2.24) is 14.8 Å². The van der Waals surface area contributed by atoms with Crippen molar-refractivity contribution in [2.75, 3.05) is 11.1 Å². The highest BCUT2D eigenvalue weighted by molar-refractivity contribution is 6.01. The summed E-state index contributed by atoms with van der Waals surface area (Å²) in [7, 11) is 0. The molecule has 0 fully saturated rings. The highest BCUT2D eigenvalue weighted by atomic mass is 16.4. The van der Waals surface area contributed by atoms with Crippen LogP contribution in [-0.4, -0.2) is 31.7 Å². The molecule has 0 aliphatic carbocycles. The van der Waals surface area contributed by atoms with E-state index >= 15 is 0 Å². The molecular weight excluding hydrogens is 262 g/mol. The van der Waals surface area contributed by atoms with Crippen molar-refractivity contribution >= 4 is 23.8 Å². The molecule has 1 heterocycles. The molecule has 8 nitrogen and oxygen atoms in total. The Morgan fingerprint density at radius 2 is 1.95 bits per heavy atom. The number of nitrogen functional groups attached to an aromatic ring is 1. The van der Waals surface area contributed by atoms with Gasteiger partial charge in [0.05, 0.1) is 5.69 Å². The number of carboxylic acid groups (broad SMARTS) is 1. The number of nitrogens with zero attached hydrogens (tertiary/aromatic N) is 3. The Morgan fingerprint density at radius 1 is 1.25 bits per heavy atom. The minimum absolute atomic E-state index is 0.00797. The van der Waals surface area contributed by atoms with Crippen LogP contribution in [0.1, 0.15) is 0 Å². The summed E-state index contributed by atoms with van der Waals surface area (Å²) in [5.41, 5.74) is 6.39. The number of carbonyl (C=O) groups excluding carboxylic acids is 1. The SMILES string of the molecule is Nc1nc(NC(=O)C=CC(=O)O)nn1-c1ccccc1. The van der Waals surface area contributed by atoms with E-state index in [1.54, 1.807) is 12.1 Å². The Bertz CT molecular complexity index is 663. The summed E-state index contributed by atoms with van der Waals surface area (Å²) >= 11 is 0. The molecule has 0 radical (unpaired) electrons. The number of nitrogens with two attached hydrogens (primary N) is 1. The molecule has 1 aromatic heterocycles. The summed E-state index contributed by atoms with van der Waals surface area (Å²) in [4.78, 5) is 25.5. The van der Waals surface area contributed by atoms with Crippen LogP contribution >= 0.6 is 0 Å². The van der Waals surface area contributed by atoms with Gasteiger partial charge < -0.3 is 10.8 Å². The van der Waals surface area contributed by atoms with E-state index in [4.69, 9.17) is 10.8 Å². The van der Waals surface area contributed by atoms with Crippen LogP contribution in [0.2, 0.25) is 0 Å². The number of carboxylic acids is 1. The molecule has 1 aromatic carbocycles. The second-order valence-electron chi connectivity index (χ2n) is 3.70. The van der Waals surface area contributed by atoms with E-state index in [1.807, 2.05) is 18.2 Å². The van der Waals surface area contributed by atoms with Crippen LogP contribution in [0.4, 0.5) is 11.9 Å². The summed E-state index contributed by atoms with van der Waals surface area (Å²) in [5.74, 6) is -1.78. The van der Waals surface area contributed by atoms with Gasteiger partial charge in [-0.15, -0.1) is 5.10 Å². The van der Waals surface area contributed by atoms with Gasteiger partial charge in [-0.2, -0.15) is 9.67 Å². The molecule has 2 rings (SSSR count). The van der Waals surface area contributed by atoms with Gasteiger partial charge in [-0.05, 0) is 12.1 Å². The number of amides is 1. The zero-order valence-electron chi connectivity index (χ0n) is 10.2. The summed E-state index contributed by atoms with van der Waals surface area (Å²) in [6.07, 6.45) is 1.58. The number of nitrogens with one attached hydrogen (secondary N) is 1. The number of benzene rings is 1. The van der Waals surface area contributed by atoms with E-state index in [2.05, 4.69) is 15.4 Å². The van der Waals surface area contributed by atoms with Crippen LogP contribution < -0.4 is 11.1 Å². The Morgan fingerprint density at radius 3 is 2.60 bits per heavy atom. The molecule has 4 N–H and O–H groups in total. The molecule has 20 heavy (non-hydrogen) atoms. The molecule has 0 bridgehead atoms. The Hall–Kier alpha value is -3.16. The van der Waals surface area contributed by atoms with Crippen molar-refractivity contribution in [1.29, 1.82) is 0 Å². The molecule has 1 amide bonds. The number of hydrogen-bond donors (Lipinski definition) is 3. The molecule has 0 unspecified atom stereocenters. The van der Waals surface area contributed by atoms with Gasteiger partial charge in [0, 0.05) is 12.2 Å². The second kappa shape index (κ2) is 5.65. The van der Waals surface area contributed by atoms with Crippen molar-refractivity contribution in [3.8, 4) is 5.69 Å². The second-order valence-corrected chi connectivity index (χ2v) is 3.70. The fourth-order valence-corrected chi connectivity index (χ4v) is 1.44. The van der Waals surface area contributed by atoms with E-state index in [1.165, 1.54) is 4.68 Å². The van der Waals surface area contributed by atoms with E-state index in [0.29, 0.717) is 11.8 Å². The predicted octanol–water partition coefficient (Wildman–Crippen LogP) is 0.429. The molecule has 0 atom stereocenters. The van der Waals surface area contributed by atoms with Gasteiger partial charge in [-0.3, -0.25) is 10.1 Å². The average Bonchev–Trinajstić information content (AvgIpc) is 2.78. The minimum atomic E-state index is -1.22. The van der Waals surface area contributed by atoms with Crippen LogP contribution in [0.25, 0.3) is 5.69 Å². The molecule has 0 aliphatic heterocycles. The fraction of sp³-hybridized carbons (Fsp3) is 0. The molecule has 0 saturated carbocycles. The Balaban J connectivity index is 2.16. The number of carbonyl (C=O) groups is 2. The lowest BCUT2D eigenvalue weighted by molar-refractivity contribution is -0.131. The number of anilines is 2. The quantitative estimate of drug-likeness (QED) is 0.694. The number of para-hydroxylation sites is 1. The van der Waals surface area contributed by atoms with Gasteiger partial charge in [0.2, 0.25) is 5.95 Å². The van der Waals surface area contributed by atoms with Crippen LogP contribution in [0, 0.1) is 0 Å². The third-order valence-electron chi connectivity index (χ3n) is 2.25. The smallest absolute Gasteiger partial charge is 0.328 e. The monoisotopic (exact) mass is 273 g/mol. The van der Waals surface area contributed by atoms with Gasteiger partial charge in [-0.1, -0.05) is 18.2 Å². The minimum Gasteiger partial charge on any atom is -0.478 e. The van der Waals surface area contributed by atoms with Crippen LogP contribution in [0.3, 0.4) is 0 Å². The highest BCUT2D eigenvalue weighted by Crippen LogP contribution is 2.12. The summed E-state index contributed by atoms with van der Waals surface area (Å²) < 4.78 is 1.36. The number of rotatable bonds is 4. The van der Waals surface area contributed by atoms with Gasteiger partial charge in [-0.25, -0.2) is 4.79 Å². The largest absolute Gasteiger partial charge is 0.478 e. The van der Waals surface area contributed by atoms with Crippen molar-refractivity contribution in [2.24, 2.45) is 0 Å². The van der Waals surface area contributed by atoms with E-state index < -0.39 is 11.9 Å². The van der Waals surface area contributed by atoms with Gasteiger partial charge in [0.1, 0.15) is 0 Å². The van der Waals surface area contributed by atoms with Crippen molar-refractivity contribution in [2.45, 2.75) is 0 Å². The first-order chi connectivity index (χ1) is 9.56. The molecule has 0 saturated heterocycles. The Kier molecular flexibility index (Phi) is 3.75. The van der Waals surface area contributed by atoms with Crippen molar-refractivity contribution in [3.63, 3.8) is 0 Å². The first-order valence-electron chi connectivity index (χ1n) is 5.56. The number of hydrogen-bond acceptors (Lipinski definition) is 5. The van der Waals surface area contributed by atoms with E-state index in [0.717, 1.165) is 6.08 Å². The lowest BCUT2D eigenvalue weighted by Gasteiger charge is -2.00. The maximum atomic E-state index is 11.4. The first-order valence-corrected chi connectivity index (χ1v) is 5.56. The van der Waals surface area contributed by atoms with Crippen LogP contribution in [0.15, 0.2) is 42.5 Å². The van der Waals surface area contributed by atoms with Crippen LogP contribution in [-0.2, 0) is 9.59 Å². The molecule has 8 heteroatoms. The molecular formula is C12H11N5O3. The standard InChI is InChI=1S/C12H11N5O3/c13-11-15-12(14-9(18)6-7-10(19)20)16-17(11)8-4-2-1-3-5-8/h1-7H,(H,19,20)(H3,13,14,15,16,18). The Labute approximate surface area is 113 Å². The van der Waals surface area contributed by atoms with E-state index in [9.17, 15) is 9.59 Å². The molecule has 2 aromatic rings. The summed E-state index contributed by atoms with van der Waals surface area (Å²) in [5, 5.41) is 14.7. The lowest BCUT2D eigenvalue weighted by atomic mass is 10.3. The zero-order chi connectivity index (χ0) is 14.5. The molecule has 0 aliphatic rings. The normalized spacial score (nSPS) is 10.6. The first kappa shape index (κ1) is 13.3. The van der Waals surface area contributed by atoms with E-state index in [-0.39, 0.29) is 11.9 Å². The summed E-state index contributed by atoms with van der Waals surface area (Å²) in [6.45, 7) is 0. The van der Waals surface area contributed by atoms with Gasteiger partial charge in [0.25, 0.3) is 11.9 Å². The molecule has 102 valence electrons. The summed E-state index contributed by atoms with van der Waals surface area (Å²) in [6, 6.07) is 9.02. The molecule has 0 spiro atoms. The maximum absolute atomic E-state index is 11.4. The maximum Gasteiger partial charge on any atom is 0.328 e. The zero-order valence-corrected chi connectivity index (χ0v) is 10.2. The average molecular weight is 273 g/mol. The third kappa shape index (κ3) is 3.19. The predicted molar refractivity (Wildman–Crippen MR) is 71.2 cm³/mol. The highest BCUT2D eigenvalue weighted by Gasteiger charge is 2.10. The fourth-order valence-electron chi connectivity index (χ4n) is 1.44. The third-order valence-corrected chi connectivity index (χ3v) is 2.25. The number of aromatic nitrogens is 3.